The van der Waals surface area contributed by atoms with Gasteiger partial charge >= 0.3 is 6.18 Å². The van der Waals surface area contributed by atoms with Crippen molar-refractivity contribution in [3.8, 4) is 11.1 Å². The lowest BCUT2D eigenvalue weighted by Crippen LogP contribution is -2.42. The third-order valence-electron chi connectivity index (χ3n) is 7.12. The van der Waals surface area contributed by atoms with Crippen LogP contribution in [0, 0.1) is 5.41 Å². The van der Waals surface area contributed by atoms with Crippen LogP contribution in [0.15, 0.2) is 24.4 Å². The van der Waals surface area contributed by atoms with Crippen LogP contribution in [-0.4, -0.2) is 39.9 Å². The van der Waals surface area contributed by atoms with E-state index in [0.717, 1.165) is 48.2 Å². The number of alkyl halides is 3. The van der Waals surface area contributed by atoms with Crippen molar-refractivity contribution in [1.82, 2.24) is 14.9 Å². The quantitative estimate of drug-likeness (QED) is 0.470. The first kappa shape index (κ1) is 23.5. The van der Waals surface area contributed by atoms with Crippen LogP contribution in [0.2, 0.25) is 10.0 Å². The molecule has 1 aliphatic carbocycles. The standard InChI is InChI=1S/C24H23Cl2F3N4O/c1-12(30)22(34)33-7-5-23(11-33)4-2-17-15(10-23)19-14(9-16(25)20(26)21(19)32-17)13-3-6-31-18(8-13)24(27,28)29/h3,6,8-9,12,32H,2,4-5,7,10-11,30H2,1H3/t12-,23?/m1/s1. The van der Waals surface area contributed by atoms with Crippen molar-refractivity contribution in [2.45, 2.75) is 44.8 Å². The number of aryl methyl sites for hydroxylation is 1. The third-order valence-corrected chi connectivity index (χ3v) is 7.91. The Morgan fingerprint density at radius 3 is 2.76 bits per heavy atom. The van der Waals surface area contributed by atoms with Gasteiger partial charge < -0.3 is 15.6 Å². The molecule has 5 nitrogen and oxygen atoms in total. The summed E-state index contributed by atoms with van der Waals surface area (Å²) in [5.41, 5.74) is 8.34. The van der Waals surface area contributed by atoms with Gasteiger partial charge in [-0.05, 0) is 72.9 Å². The summed E-state index contributed by atoms with van der Waals surface area (Å²) in [4.78, 5) is 21.2. The second-order valence-corrected chi connectivity index (χ2v) is 10.2. The number of nitrogens with one attached hydrogen (secondary N) is 1. The van der Waals surface area contributed by atoms with E-state index in [1.54, 1.807) is 19.1 Å². The number of rotatable bonds is 2. The number of aromatic nitrogens is 2. The molecule has 5 rings (SSSR count). The second kappa shape index (κ2) is 8.14. The molecule has 180 valence electrons. The summed E-state index contributed by atoms with van der Waals surface area (Å²) < 4.78 is 40.1. The number of aromatic amines is 1. The van der Waals surface area contributed by atoms with E-state index in [4.69, 9.17) is 28.9 Å². The highest BCUT2D eigenvalue weighted by molar-refractivity contribution is 6.45. The van der Waals surface area contributed by atoms with Crippen LogP contribution >= 0.6 is 23.2 Å². The Morgan fingerprint density at radius 1 is 1.29 bits per heavy atom. The molecule has 10 heteroatoms. The molecule has 3 aromatic rings. The molecule has 3 N–H and O–H groups in total. The van der Waals surface area contributed by atoms with E-state index in [-0.39, 0.29) is 16.3 Å². The van der Waals surface area contributed by atoms with Gasteiger partial charge in [0.1, 0.15) is 5.69 Å². The molecule has 3 heterocycles. The summed E-state index contributed by atoms with van der Waals surface area (Å²) in [6.45, 7) is 2.95. The predicted molar refractivity (Wildman–Crippen MR) is 126 cm³/mol. The zero-order valence-electron chi connectivity index (χ0n) is 18.4. The second-order valence-electron chi connectivity index (χ2n) is 9.45. The molecule has 0 saturated carbocycles. The van der Waals surface area contributed by atoms with E-state index in [9.17, 15) is 18.0 Å². The molecule has 0 bridgehead atoms. The molecule has 1 aromatic carbocycles. The highest BCUT2D eigenvalue weighted by Gasteiger charge is 2.44. The maximum Gasteiger partial charge on any atom is 0.433 e. The lowest BCUT2D eigenvalue weighted by Gasteiger charge is -2.34. The van der Waals surface area contributed by atoms with E-state index in [1.807, 2.05) is 4.90 Å². The van der Waals surface area contributed by atoms with Crippen LogP contribution in [0.3, 0.4) is 0 Å². The lowest BCUT2D eigenvalue weighted by atomic mass is 9.72. The predicted octanol–water partition coefficient (Wildman–Crippen LogP) is 5.61. The summed E-state index contributed by atoms with van der Waals surface area (Å²) >= 11 is 12.9. The monoisotopic (exact) mass is 510 g/mol. The Balaban J connectivity index is 1.63. The van der Waals surface area contributed by atoms with Gasteiger partial charge in [0.05, 0.1) is 21.6 Å². The van der Waals surface area contributed by atoms with Crippen LogP contribution < -0.4 is 5.73 Å². The number of carbonyl (C=O) groups is 1. The SMILES string of the molecule is C[C@@H](N)C(=O)N1CCC2(CCc3[nH]c4c(Cl)c(Cl)cc(-c5ccnc(C(F)(F)F)c5)c4c3C2)C1. The van der Waals surface area contributed by atoms with Gasteiger partial charge in [-0.3, -0.25) is 9.78 Å². The van der Waals surface area contributed by atoms with Crippen LogP contribution in [0.1, 0.15) is 36.7 Å². The summed E-state index contributed by atoms with van der Waals surface area (Å²) in [7, 11) is 0. The highest BCUT2D eigenvalue weighted by atomic mass is 35.5. The summed E-state index contributed by atoms with van der Waals surface area (Å²) in [6.07, 6.45) is -0.227. The number of nitrogens with two attached hydrogens (primary N) is 1. The van der Waals surface area contributed by atoms with Gasteiger partial charge in [-0.25, -0.2) is 0 Å². The number of carbonyl (C=O) groups excluding carboxylic acids is 1. The highest BCUT2D eigenvalue weighted by Crippen LogP contribution is 2.49. The van der Waals surface area contributed by atoms with Crippen LogP contribution in [-0.2, 0) is 23.8 Å². The molecular formula is C24H23Cl2F3N4O. The van der Waals surface area contributed by atoms with Crippen molar-refractivity contribution in [3.05, 3.63) is 51.4 Å². The van der Waals surface area contributed by atoms with Gasteiger partial charge in [0.25, 0.3) is 0 Å². The van der Waals surface area contributed by atoms with Crippen molar-refractivity contribution >= 4 is 40.0 Å². The molecule has 1 unspecified atom stereocenters. The Bertz CT molecular complexity index is 1300. The van der Waals surface area contributed by atoms with Gasteiger partial charge in [-0.1, -0.05) is 23.2 Å². The molecule has 1 fully saturated rings. The first-order valence-corrected chi connectivity index (χ1v) is 11.8. The fraction of sp³-hybridized carbons (Fsp3) is 0.417. The summed E-state index contributed by atoms with van der Waals surface area (Å²) in [5.74, 6) is -0.0615. The largest absolute Gasteiger partial charge is 0.433 e. The van der Waals surface area contributed by atoms with Crippen molar-refractivity contribution in [3.63, 3.8) is 0 Å². The van der Waals surface area contributed by atoms with E-state index >= 15 is 0 Å². The molecule has 2 atom stereocenters. The average Bonchev–Trinajstić information content (AvgIpc) is 3.37. The van der Waals surface area contributed by atoms with E-state index in [0.29, 0.717) is 41.2 Å². The number of halogens is 5. The van der Waals surface area contributed by atoms with Crippen LogP contribution in [0.5, 0.6) is 0 Å². The van der Waals surface area contributed by atoms with Crippen molar-refractivity contribution in [2.24, 2.45) is 11.1 Å². The number of likely N-dealkylation sites (tertiary alicyclic amines) is 1. The van der Waals surface area contributed by atoms with Crippen LogP contribution in [0.25, 0.3) is 22.0 Å². The number of nitrogens with zero attached hydrogens (tertiary/aromatic N) is 2. The molecule has 0 radical (unpaired) electrons. The maximum absolute atomic E-state index is 13.4. The smallest absolute Gasteiger partial charge is 0.357 e. The number of pyridine rings is 1. The van der Waals surface area contributed by atoms with Crippen molar-refractivity contribution < 1.29 is 18.0 Å². The molecule has 1 aliphatic heterocycles. The number of hydrogen-bond donors (Lipinski definition) is 2. The van der Waals surface area contributed by atoms with Gasteiger partial charge in [-0.2, -0.15) is 13.2 Å². The third kappa shape index (κ3) is 3.85. The molecular weight excluding hydrogens is 488 g/mol. The summed E-state index contributed by atoms with van der Waals surface area (Å²) in [6, 6.07) is 3.66. The fourth-order valence-corrected chi connectivity index (χ4v) is 5.84. The fourth-order valence-electron chi connectivity index (χ4n) is 5.44. The van der Waals surface area contributed by atoms with Gasteiger partial charge in [-0.15, -0.1) is 0 Å². The molecule has 1 amide bonds. The number of benzene rings is 1. The first-order chi connectivity index (χ1) is 16.0. The van der Waals surface area contributed by atoms with Crippen molar-refractivity contribution in [1.29, 1.82) is 0 Å². The van der Waals surface area contributed by atoms with Gasteiger partial charge in [0.15, 0.2) is 0 Å². The summed E-state index contributed by atoms with van der Waals surface area (Å²) in [5, 5.41) is 1.38. The van der Waals surface area contributed by atoms with Gasteiger partial charge in [0, 0.05) is 30.4 Å². The molecule has 34 heavy (non-hydrogen) atoms. The lowest BCUT2D eigenvalue weighted by molar-refractivity contribution is -0.141. The number of fused-ring (bicyclic) bond motifs is 3. The Hall–Kier alpha value is -2.29. The molecule has 1 saturated heterocycles. The molecule has 1 spiro atoms. The number of amides is 1. The number of hydrogen-bond acceptors (Lipinski definition) is 3. The van der Waals surface area contributed by atoms with E-state index in [1.165, 1.54) is 0 Å². The Kier molecular flexibility index (Phi) is 5.61. The Morgan fingerprint density at radius 2 is 2.06 bits per heavy atom. The normalized spacial score (nSPS) is 21.3. The zero-order valence-corrected chi connectivity index (χ0v) is 19.9. The Labute approximate surface area is 204 Å². The minimum absolute atomic E-state index is 0.0615. The average molecular weight is 511 g/mol. The first-order valence-electron chi connectivity index (χ1n) is 11.1. The number of H-pyrrole nitrogens is 1. The molecule has 2 aromatic heterocycles. The molecule has 2 aliphatic rings. The topological polar surface area (TPSA) is 75.0 Å². The maximum atomic E-state index is 13.4. The van der Waals surface area contributed by atoms with E-state index < -0.39 is 17.9 Å². The van der Waals surface area contributed by atoms with Crippen molar-refractivity contribution in [2.75, 3.05) is 13.1 Å². The zero-order chi connectivity index (χ0) is 24.4. The van der Waals surface area contributed by atoms with E-state index in [2.05, 4.69) is 9.97 Å². The minimum Gasteiger partial charge on any atom is -0.357 e. The van der Waals surface area contributed by atoms with Gasteiger partial charge in [0.2, 0.25) is 5.91 Å². The van der Waals surface area contributed by atoms with Crippen LogP contribution in [0.4, 0.5) is 13.2 Å². The minimum atomic E-state index is -4.56.